The van der Waals surface area contributed by atoms with Crippen LogP contribution in [0, 0.1) is 0 Å². The third-order valence-electron chi connectivity index (χ3n) is 3.66. The van der Waals surface area contributed by atoms with Gasteiger partial charge in [0.15, 0.2) is 6.04 Å². The van der Waals surface area contributed by atoms with Gasteiger partial charge < -0.3 is 36.7 Å². The molecule has 1 aromatic heterocycles. The lowest BCUT2D eigenvalue weighted by Crippen LogP contribution is -2.57. The van der Waals surface area contributed by atoms with Crippen LogP contribution >= 0.6 is 0 Å². The maximum atomic E-state index is 12.4. The largest absolute Gasteiger partial charge is 0.481 e. The Morgan fingerprint density at radius 1 is 1.22 bits per heavy atom. The highest BCUT2D eigenvalue weighted by Crippen LogP contribution is 2.03. The fraction of sp³-hybridized carbons (Fsp3) is 0.533. The number of hydrogen-bond acceptors (Lipinski definition) is 7. The molecule has 2 amide bonds. The molecular formula is C15H23N5O7. The fourth-order valence-corrected chi connectivity index (χ4v) is 2.16. The van der Waals surface area contributed by atoms with Gasteiger partial charge in [-0.1, -0.05) is 0 Å². The predicted molar refractivity (Wildman–Crippen MR) is 90.3 cm³/mol. The number of carboxylic acids is 2. The number of carbonyl (C=O) groups excluding carboxylic acids is 2. The van der Waals surface area contributed by atoms with E-state index in [9.17, 15) is 24.3 Å². The monoisotopic (exact) mass is 385 g/mol. The maximum absolute atomic E-state index is 12.4. The number of aliphatic hydroxyl groups is 1. The van der Waals surface area contributed by atoms with Crippen LogP contribution < -0.4 is 16.4 Å². The average molecular weight is 385 g/mol. The van der Waals surface area contributed by atoms with E-state index >= 15 is 0 Å². The lowest BCUT2D eigenvalue weighted by atomic mass is 10.1. The van der Waals surface area contributed by atoms with Crippen molar-refractivity contribution in [1.82, 2.24) is 20.6 Å². The van der Waals surface area contributed by atoms with Crippen molar-refractivity contribution in [3.63, 3.8) is 0 Å². The molecule has 4 unspecified atom stereocenters. The van der Waals surface area contributed by atoms with Crippen LogP contribution in [-0.2, 0) is 25.6 Å². The molecule has 1 rings (SSSR count). The lowest BCUT2D eigenvalue weighted by Gasteiger charge is -2.23. The number of imidazole rings is 1. The summed E-state index contributed by atoms with van der Waals surface area (Å²) in [6.45, 7) is 1.20. The summed E-state index contributed by atoms with van der Waals surface area (Å²) in [6.07, 6.45) is 0.906. The number of H-pyrrole nitrogens is 1. The first-order valence-corrected chi connectivity index (χ1v) is 8.08. The van der Waals surface area contributed by atoms with Gasteiger partial charge in [-0.05, 0) is 13.3 Å². The number of carboxylic acid groups (broad SMARTS) is 2. The molecule has 0 aliphatic heterocycles. The van der Waals surface area contributed by atoms with Gasteiger partial charge in [-0.25, -0.2) is 9.78 Å². The number of nitrogens with zero attached hydrogens (tertiary/aromatic N) is 1. The first-order valence-electron chi connectivity index (χ1n) is 8.08. The Morgan fingerprint density at radius 3 is 2.37 bits per heavy atom. The maximum Gasteiger partial charge on any atom is 0.328 e. The van der Waals surface area contributed by atoms with Gasteiger partial charge in [0.05, 0.1) is 18.5 Å². The van der Waals surface area contributed by atoms with Crippen molar-refractivity contribution >= 4 is 23.8 Å². The number of aliphatic carboxylic acids is 2. The third kappa shape index (κ3) is 7.42. The predicted octanol–water partition coefficient (Wildman–Crippen LogP) is -2.42. The van der Waals surface area contributed by atoms with Crippen LogP contribution in [0.5, 0.6) is 0 Å². The van der Waals surface area contributed by atoms with Crippen molar-refractivity contribution in [2.45, 2.75) is 50.4 Å². The highest BCUT2D eigenvalue weighted by Gasteiger charge is 2.30. The fourth-order valence-electron chi connectivity index (χ4n) is 2.16. The van der Waals surface area contributed by atoms with E-state index in [1.165, 1.54) is 19.4 Å². The van der Waals surface area contributed by atoms with Gasteiger partial charge in [-0.15, -0.1) is 0 Å². The molecule has 0 aromatic carbocycles. The summed E-state index contributed by atoms with van der Waals surface area (Å²) in [5, 5.41) is 31.7. The molecule has 27 heavy (non-hydrogen) atoms. The molecule has 0 spiro atoms. The zero-order valence-corrected chi connectivity index (χ0v) is 14.6. The van der Waals surface area contributed by atoms with Gasteiger partial charge in [-0.2, -0.15) is 0 Å². The minimum absolute atomic E-state index is 0.0463. The quantitative estimate of drug-likeness (QED) is 0.216. The van der Waals surface area contributed by atoms with Crippen molar-refractivity contribution in [3.8, 4) is 0 Å². The van der Waals surface area contributed by atoms with Crippen molar-refractivity contribution in [2.24, 2.45) is 5.73 Å². The third-order valence-corrected chi connectivity index (χ3v) is 3.66. The van der Waals surface area contributed by atoms with E-state index in [4.69, 9.17) is 15.9 Å². The average Bonchev–Trinajstić information content (AvgIpc) is 3.08. The molecule has 12 heteroatoms. The Kier molecular flexibility index (Phi) is 8.35. The van der Waals surface area contributed by atoms with Gasteiger partial charge in [-0.3, -0.25) is 14.4 Å². The number of aromatic nitrogens is 2. The Morgan fingerprint density at radius 2 is 1.89 bits per heavy atom. The topological polar surface area (TPSA) is 208 Å². The van der Waals surface area contributed by atoms with Gasteiger partial charge in [0, 0.05) is 24.7 Å². The minimum atomic E-state index is -1.57. The number of nitrogens with two attached hydrogens (primary N) is 1. The molecule has 0 aliphatic rings. The van der Waals surface area contributed by atoms with Crippen LogP contribution in [-0.4, -0.2) is 73.3 Å². The van der Waals surface area contributed by atoms with Crippen LogP contribution in [0.3, 0.4) is 0 Å². The summed E-state index contributed by atoms with van der Waals surface area (Å²) in [5.74, 6) is -4.18. The van der Waals surface area contributed by atoms with Crippen molar-refractivity contribution < 1.29 is 34.5 Å². The summed E-state index contributed by atoms with van der Waals surface area (Å²) in [5.41, 5.74) is 6.11. The van der Waals surface area contributed by atoms with E-state index in [2.05, 4.69) is 20.6 Å². The van der Waals surface area contributed by atoms with Gasteiger partial charge >= 0.3 is 11.9 Å². The van der Waals surface area contributed by atoms with Crippen LogP contribution in [0.25, 0.3) is 0 Å². The zero-order chi connectivity index (χ0) is 20.6. The molecular weight excluding hydrogens is 362 g/mol. The standard InChI is InChI=1S/C15H23N5O7/c1-7(21)12(15(26)27)20-14(25)10(4-8-5-17-6-18-8)19-13(24)9(16)2-3-11(22)23/h5-7,9-10,12,21H,2-4,16H2,1H3,(H,17,18)(H,19,24)(H,20,25)(H,22,23)(H,26,27). The van der Waals surface area contributed by atoms with E-state index in [0.717, 1.165) is 0 Å². The molecule has 1 heterocycles. The van der Waals surface area contributed by atoms with E-state index in [0.29, 0.717) is 5.69 Å². The second kappa shape index (κ2) is 10.2. The van der Waals surface area contributed by atoms with E-state index < -0.39 is 48.0 Å². The molecule has 12 nitrogen and oxygen atoms in total. The number of amides is 2. The Bertz CT molecular complexity index is 662. The second-order valence-corrected chi connectivity index (χ2v) is 5.95. The first kappa shape index (κ1) is 22.1. The molecule has 0 radical (unpaired) electrons. The molecule has 0 aliphatic carbocycles. The Labute approximate surface area is 154 Å². The summed E-state index contributed by atoms with van der Waals surface area (Å²) in [4.78, 5) is 52.9. The SMILES string of the molecule is CC(O)C(NC(=O)C(Cc1cnc[nH]1)NC(=O)C(N)CCC(=O)O)C(=O)O. The molecule has 0 bridgehead atoms. The highest BCUT2D eigenvalue weighted by molar-refractivity contribution is 5.92. The number of rotatable bonds is 11. The number of hydrogen-bond donors (Lipinski definition) is 7. The molecule has 150 valence electrons. The minimum Gasteiger partial charge on any atom is -0.481 e. The summed E-state index contributed by atoms with van der Waals surface area (Å²) >= 11 is 0. The van der Waals surface area contributed by atoms with Gasteiger partial charge in [0.25, 0.3) is 0 Å². The van der Waals surface area contributed by atoms with Gasteiger partial charge in [0.2, 0.25) is 11.8 Å². The van der Waals surface area contributed by atoms with Crippen LogP contribution in [0.2, 0.25) is 0 Å². The molecule has 4 atom stereocenters. The summed E-state index contributed by atoms with van der Waals surface area (Å²) in [6, 6.07) is -3.95. The van der Waals surface area contributed by atoms with Crippen LogP contribution in [0.15, 0.2) is 12.5 Å². The molecule has 0 saturated carbocycles. The number of nitrogens with one attached hydrogen (secondary N) is 3. The number of carbonyl (C=O) groups is 4. The zero-order valence-electron chi connectivity index (χ0n) is 14.6. The molecule has 0 saturated heterocycles. The second-order valence-electron chi connectivity index (χ2n) is 5.95. The molecule has 0 fully saturated rings. The molecule has 1 aromatic rings. The highest BCUT2D eigenvalue weighted by atomic mass is 16.4. The summed E-state index contributed by atoms with van der Waals surface area (Å²) in [7, 11) is 0. The van der Waals surface area contributed by atoms with Crippen LogP contribution in [0.4, 0.5) is 0 Å². The van der Waals surface area contributed by atoms with Crippen molar-refractivity contribution in [1.29, 1.82) is 0 Å². The van der Waals surface area contributed by atoms with Crippen molar-refractivity contribution in [2.75, 3.05) is 0 Å². The van der Waals surface area contributed by atoms with E-state index in [-0.39, 0.29) is 19.3 Å². The summed E-state index contributed by atoms with van der Waals surface area (Å²) < 4.78 is 0. The first-order chi connectivity index (χ1) is 12.6. The normalized spacial score (nSPS) is 15.2. The van der Waals surface area contributed by atoms with Crippen molar-refractivity contribution in [3.05, 3.63) is 18.2 Å². The smallest absolute Gasteiger partial charge is 0.328 e. The Hall–Kier alpha value is -2.99. The number of aliphatic hydroxyl groups excluding tert-OH is 1. The number of aromatic amines is 1. The van der Waals surface area contributed by atoms with Gasteiger partial charge in [0.1, 0.15) is 6.04 Å². The van der Waals surface area contributed by atoms with E-state index in [1.807, 2.05) is 0 Å². The lowest BCUT2D eigenvalue weighted by molar-refractivity contribution is -0.145. The van der Waals surface area contributed by atoms with E-state index in [1.54, 1.807) is 0 Å². The molecule has 8 N–H and O–H groups in total. The Balaban J connectivity index is 2.85. The van der Waals surface area contributed by atoms with Crippen LogP contribution in [0.1, 0.15) is 25.5 Å².